The Bertz CT molecular complexity index is 668. The van der Waals surface area contributed by atoms with Crippen molar-refractivity contribution >= 4 is 0 Å². The summed E-state index contributed by atoms with van der Waals surface area (Å²) in [7, 11) is 1.58. The lowest BCUT2D eigenvalue weighted by atomic mass is 10.3. The van der Waals surface area contributed by atoms with Crippen LogP contribution in [0.2, 0.25) is 0 Å². The highest BCUT2D eigenvalue weighted by Crippen LogP contribution is 2.12. The van der Waals surface area contributed by atoms with E-state index in [-0.39, 0.29) is 0 Å². The van der Waals surface area contributed by atoms with Crippen molar-refractivity contribution in [3.8, 4) is 11.4 Å². The largest absolute Gasteiger partial charge is 0.497 e. The van der Waals surface area contributed by atoms with Gasteiger partial charge in [0.25, 0.3) is 0 Å². The standard InChI is InChI=1S/C14H16N2O3/c1-3-8-15-9-10-16(14(18)13(15)17)11-4-6-12(19-2)7-5-11/h4-7,9-10H,3,8H2,1-2H3. The van der Waals surface area contributed by atoms with E-state index in [1.807, 2.05) is 6.92 Å². The van der Waals surface area contributed by atoms with E-state index in [0.29, 0.717) is 18.0 Å². The molecule has 5 nitrogen and oxygen atoms in total. The predicted molar refractivity (Wildman–Crippen MR) is 73.1 cm³/mol. The summed E-state index contributed by atoms with van der Waals surface area (Å²) in [6, 6.07) is 6.98. The Morgan fingerprint density at radius 2 is 1.74 bits per heavy atom. The van der Waals surface area contributed by atoms with Crippen LogP contribution < -0.4 is 15.9 Å². The van der Waals surface area contributed by atoms with Gasteiger partial charge in [-0.2, -0.15) is 0 Å². The molecule has 0 radical (unpaired) electrons. The van der Waals surface area contributed by atoms with E-state index >= 15 is 0 Å². The maximum absolute atomic E-state index is 12.0. The molecule has 0 fully saturated rings. The highest BCUT2D eigenvalue weighted by atomic mass is 16.5. The van der Waals surface area contributed by atoms with E-state index in [9.17, 15) is 9.59 Å². The molecule has 0 N–H and O–H groups in total. The van der Waals surface area contributed by atoms with Crippen molar-refractivity contribution in [2.45, 2.75) is 19.9 Å². The van der Waals surface area contributed by atoms with Crippen molar-refractivity contribution in [2.24, 2.45) is 0 Å². The minimum atomic E-state index is -0.541. The molecule has 1 aromatic carbocycles. The number of aromatic nitrogens is 2. The van der Waals surface area contributed by atoms with Crippen LogP contribution >= 0.6 is 0 Å². The predicted octanol–water partition coefficient (Wildman–Crippen LogP) is 1.42. The van der Waals surface area contributed by atoms with Crippen molar-refractivity contribution in [3.63, 3.8) is 0 Å². The van der Waals surface area contributed by atoms with Gasteiger partial charge in [0, 0.05) is 24.6 Å². The Morgan fingerprint density at radius 1 is 1.05 bits per heavy atom. The number of rotatable bonds is 4. The summed E-state index contributed by atoms with van der Waals surface area (Å²) in [6.07, 6.45) is 4.06. The van der Waals surface area contributed by atoms with Crippen molar-refractivity contribution in [2.75, 3.05) is 7.11 Å². The van der Waals surface area contributed by atoms with Crippen LogP contribution in [0.4, 0.5) is 0 Å². The molecule has 1 heterocycles. The SMILES string of the molecule is CCCn1ccn(-c2ccc(OC)cc2)c(=O)c1=O. The number of hydrogen-bond donors (Lipinski definition) is 0. The summed E-state index contributed by atoms with van der Waals surface area (Å²) < 4.78 is 7.83. The third kappa shape index (κ3) is 2.59. The van der Waals surface area contributed by atoms with Gasteiger partial charge in [-0.05, 0) is 30.7 Å². The number of aryl methyl sites for hydroxylation is 1. The van der Waals surface area contributed by atoms with Crippen LogP contribution in [0, 0.1) is 0 Å². The summed E-state index contributed by atoms with van der Waals surface area (Å²) in [5.74, 6) is 0.705. The summed E-state index contributed by atoms with van der Waals surface area (Å²) in [6.45, 7) is 2.51. The van der Waals surface area contributed by atoms with Crippen molar-refractivity contribution in [3.05, 3.63) is 57.4 Å². The maximum atomic E-state index is 12.0. The molecule has 0 amide bonds. The zero-order chi connectivity index (χ0) is 13.8. The second-order valence-corrected chi connectivity index (χ2v) is 4.17. The third-order valence-electron chi connectivity index (χ3n) is 2.87. The molecular weight excluding hydrogens is 244 g/mol. The van der Waals surface area contributed by atoms with Crippen LogP contribution in [0.3, 0.4) is 0 Å². The van der Waals surface area contributed by atoms with Crippen LogP contribution in [0.1, 0.15) is 13.3 Å². The average molecular weight is 260 g/mol. The summed E-state index contributed by atoms with van der Waals surface area (Å²) in [5, 5.41) is 0. The number of methoxy groups -OCH3 is 1. The Balaban J connectivity index is 2.48. The maximum Gasteiger partial charge on any atom is 0.320 e. The smallest absolute Gasteiger partial charge is 0.320 e. The molecule has 5 heteroatoms. The molecule has 0 unspecified atom stereocenters. The molecule has 0 atom stereocenters. The molecule has 2 aromatic rings. The zero-order valence-corrected chi connectivity index (χ0v) is 11.0. The van der Waals surface area contributed by atoms with Crippen LogP contribution in [0.5, 0.6) is 5.75 Å². The van der Waals surface area contributed by atoms with Crippen LogP contribution in [-0.2, 0) is 6.54 Å². The highest BCUT2D eigenvalue weighted by molar-refractivity contribution is 5.37. The van der Waals surface area contributed by atoms with Gasteiger partial charge in [-0.25, -0.2) is 0 Å². The molecular formula is C14H16N2O3. The molecule has 0 saturated carbocycles. The van der Waals surface area contributed by atoms with E-state index in [0.717, 1.165) is 6.42 Å². The molecule has 0 spiro atoms. The van der Waals surface area contributed by atoms with Gasteiger partial charge in [0.15, 0.2) is 0 Å². The van der Waals surface area contributed by atoms with Gasteiger partial charge in [-0.3, -0.25) is 14.2 Å². The Kier molecular flexibility index (Phi) is 3.85. The van der Waals surface area contributed by atoms with Crippen LogP contribution in [0.15, 0.2) is 46.2 Å². The fourth-order valence-corrected chi connectivity index (χ4v) is 1.87. The first-order valence-corrected chi connectivity index (χ1v) is 6.14. The van der Waals surface area contributed by atoms with Gasteiger partial charge < -0.3 is 9.30 Å². The first-order valence-electron chi connectivity index (χ1n) is 6.14. The van der Waals surface area contributed by atoms with E-state index in [1.165, 1.54) is 9.13 Å². The van der Waals surface area contributed by atoms with Gasteiger partial charge >= 0.3 is 11.1 Å². The van der Waals surface area contributed by atoms with Crippen LogP contribution in [-0.4, -0.2) is 16.2 Å². The molecule has 100 valence electrons. The topological polar surface area (TPSA) is 53.2 Å². The Labute approximate surface area is 110 Å². The number of benzene rings is 1. The molecule has 2 rings (SSSR count). The summed E-state index contributed by atoms with van der Waals surface area (Å²) >= 11 is 0. The minimum absolute atomic E-state index is 0.500. The first kappa shape index (κ1) is 13.1. The lowest BCUT2D eigenvalue weighted by molar-refractivity contribution is 0.414. The lowest BCUT2D eigenvalue weighted by Crippen LogP contribution is -2.39. The summed E-state index contributed by atoms with van der Waals surface area (Å²) in [5.41, 5.74) is -0.396. The van der Waals surface area contributed by atoms with Gasteiger partial charge in [0.2, 0.25) is 0 Å². The highest BCUT2D eigenvalue weighted by Gasteiger charge is 2.06. The fraction of sp³-hybridized carbons (Fsp3) is 0.286. The number of hydrogen-bond acceptors (Lipinski definition) is 3. The van der Waals surface area contributed by atoms with E-state index < -0.39 is 11.1 Å². The zero-order valence-electron chi connectivity index (χ0n) is 11.0. The normalized spacial score (nSPS) is 10.4. The Morgan fingerprint density at radius 3 is 2.32 bits per heavy atom. The van der Waals surface area contributed by atoms with Gasteiger partial charge in [-0.1, -0.05) is 6.92 Å². The van der Waals surface area contributed by atoms with E-state index in [4.69, 9.17) is 4.74 Å². The third-order valence-corrected chi connectivity index (χ3v) is 2.87. The van der Waals surface area contributed by atoms with Gasteiger partial charge in [0.1, 0.15) is 5.75 Å². The second-order valence-electron chi connectivity index (χ2n) is 4.17. The molecule has 0 bridgehead atoms. The fourth-order valence-electron chi connectivity index (χ4n) is 1.87. The molecule has 0 saturated heterocycles. The van der Waals surface area contributed by atoms with Crippen molar-refractivity contribution < 1.29 is 4.74 Å². The van der Waals surface area contributed by atoms with Crippen molar-refractivity contribution in [1.82, 2.24) is 9.13 Å². The molecule has 0 aliphatic rings. The number of ether oxygens (including phenoxy) is 1. The molecule has 0 aliphatic carbocycles. The first-order chi connectivity index (χ1) is 9.17. The van der Waals surface area contributed by atoms with E-state index in [2.05, 4.69) is 0 Å². The number of nitrogens with zero attached hydrogens (tertiary/aromatic N) is 2. The second kappa shape index (κ2) is 5.56. The lowest BCUT2D eigenvalue weighted by Gasteiger charge is -2.08. The monoisotopic (exact) mass is 260 g/mol. The van der Waals surface area contributed by atoms with Crippen LogP contribution in [0.25, 0.3) is 5.69 Å². The molecule has 19 heavy (non-hydrogen) atoms. The molecule has 0 aliphatic heterocycles. The van der Waals surface area contributed by atoms with Gasteiger partial charge in [-0.15, -0.1) is 0 Å². The average Bonchev–Trinajstić information content (AvgIpc) is 2.45. The van der Waals surface area contributed by atoms with Crippen molar-refractivity contribution in [1.29, 1.82) is 0 Å². The van der Waals surface area contributed by atoms with Gasteiger partial charge in [0.05, 0.1) is 7.11 Å². The Hall–Kier alpha value is -2.30. The quantitative estimate of drug-likeness (QED) is 0.781. The summed E-state index contributed by atoms with van der Waals surface area (Å²) in [4.78, 5) is 23.9. The van der Waals surface area contributed by atoms with E-state index in [1.54, 1.807) is 43.8 Å². The minimum Gasteiger partial charge on any atom is -0.497 e. The molecule has 1 aromatic heterocycles.